The van der Waals surface area contributed by atoms with Crippen molar-refractivity contribution < 1.29 is 14.3 Å². The Balaban J connectivity index is 2.24. The Morgan fingerprint density at radius 2 is 1.72 bits per heavy atom. The van der Waals surface area contributed by atoms with Crippen molar-refractivity contribution in [2.75, 3.05) is 26.0 Å². The highest BCUT2D eigenvalue weighted by atomic mass is 16.5. The molecule has 6 heteroatoms. The molecular formula is C19H23N3O3. The van der Waals surface area contributed by atoms with Gasteiger partial charge in [-0.2, -0.15) is 0 Å². The first kappa shape index (κ1) is 18.5. The summed E-state index contributed by atoms with van der Waals surface area (Å²) >= 11 is 0. The van der Waals surface area contributed by atoms with E-state index in [4.69, 9.17) is 10.5 Å². The van der Waals surface area contributed by atoms with Crippen LogP contribution >= 0.6 is 0 Å². The van der Waals surface area contributed by atoms with Crippen LogP contribution in [0.2, 0.25) is 0 Å². The molecule has 6 nitrogen and oxygen atoms in total. The molecule has 0 bridgehead atoms. The molecule has 0 atom stereocenters. The van der Waals surface area contributed by atoms with E-state index in [0.29, 0.717) is 35.7 Å². The Hall–Kier alpha value is -2.86. The van der Waals surface area contributed by atoms with Crippen LogP contribution in [-0.4, -0.2) is 37.4 Å². The van der Waals surface area contributed by atoms with Crippen molar-refractivity contribution in [3.05, 3.63) is 59.2 Å². The topological polar surface area (TPSA) is 84.7 Å². The SMILES string of the molecule is CCOc1cc(C(=O)N(C)C)ccc1NC(=O)c1ccc(CN)cc1. The lowest BCUT2D eigenvalue weighted by molar-refractivity contribution is 0.0827. The number of benzene rings is 2. The predicted molar refractivity (Wildman–Crippen MR) is 97.9 cm³/mol. The molecule has 0 heterocycles. The van der Waals surface area contributed by atoms with E-state index in [1.54, 1.807) is 44.4 Å². The van der Waals surface area contributed by atoms with E-state index in [1.807, 2.05) is 19.1 Å². The molecule has 0 radical (unpaired) electrons. The Bertz CT molecular complexity index is 755. The molecule has 2 amide bonds. The highest BCUT2D eigenvalue weighted by Gasteiger charge is 2.14. The summed E-state index contributed by atoms with van der Waals surface area (Å²) in [4.78, 5) is 26.0. The maximum absolute atomic E-state index is 12.4. The molecule has 0 fully saturated rings. The average Bonchev–Trinajstić information content (AvgIpc) is 2.62. The number of anilines is 1. The van der Waals surface area contributed by atoms with Gasteiger partial charge in [-0.1, -0.05) is 12.1 Å². The number of nitrogens with one attached hydrogen (secondary N) is 1. The summed E-state index contributed by atoms with van der Waals surface area (Å²) in [6.07, 6.45) is 0. The van der Waals surface area contributed by atoms with Gasteiger partial charge in [0.2, 0.25) is 0 Å². The van der Waals surface area contributed by atoms with Crippen molar-refractivity contribution in [2.45, 2.75) is 13.5 Å². The third-order valence-corrected chi connectivity index (χ3v) is 3.63. The molecule has 0 aliphatic rings. The molecule has 2 rings (SSSR count). The van der Waals surface area contributed by atoms with Crippen LogP contribution in [0.15, 0.2) is 42.5 Å². The molecular weight excluding hydrogens is 318 g/mol. The molecule has 2 aromatic rings. The highest BCUT2D eigenvalue weighted by Crippen LogP contribution is 2.27. The van der Waals surface area contributed by atoms with E-state index in [1.165, 1.54) is 4.90 Å². The van der Waals surface area contributed by atoms with Gasteiger partial charge < -0.3 is 20.7 Å². The number of amides is 2. The number of carbonyl (C=O) groups excluding carboxylic acids is 2. The Morgan fingerprint density at radius 3 is 2.28 bits per heavy atom. The fraction of sp³-hybridized carbons (Fsp3) is 0.263. The number of ether oxygens (including phenoxy) is 1. The minimum atomic E-state index is -0.254. The Labute approximate surface area is 147 Å². The molecule has 0 saturated heterocycles. The van der Waals surface area contributed by atoms with Gasteiger partial charge in [0.15, 0.2) is 0 Å². The van der Waals surface area contributed by atoms with Gasteiger partial charge in [0.25, 0.3) is 11.8 Å². The first-order valence-corrected chi connectivity index (χ1v) is 8.05. The molecule has 0 aliphatic carbocycles. The van der Waals surface area contributed by atoms with Crippen LogP contribution in [0.5, 0.6) is 5.75 Å². The number of rotatable bonds is 6. The average molecular weight is 341 g/mol. The van der Waals surface area contributed by atoms with E-state index in [2.05, 4.69) is 5.32 Å². The lowest BCUT2D eigenvalue weighted by Crippen LogP contribution is -2.22. The first-order valence-electron chi connectivity index (χ1n) is 8.05. The third kappa shape index (κ3) is 4.58. The molecule has 0 aromatic heterocycles. The van der Waals surface area contributed by atoms with Gasteiger partial charge in [0, 0.05) is 31.8 Å². The van der Waals surface area contributed by atoms with Gasteiger partial charge in [-0.3, -0.25) is 9.59 Å². The van der Waals surface area contributed by atoms with Crippen LogP contribution in [-0.2, 0) is 6.54 Å². The summed E-state index contributed by atoms with van der Waals surface area (Å²) in [5.41, 5.74) is 8.06. The fourth-order valence-electron chi connectivity index (χ4n) is 2.28. The van der Waals surface area contributed by atoms with Crippen LogP contribution in [0.1, 0.15) is 33.2 Å². The van der Waals surface area contributed by atoms with Crippen LogP contribution in [0, 0.1) is 0 Å². The summed E-state index contributed by atoms with van der Waals surface area (Å²) < 4.78 is 5.58. The van der Waals surface area contributed by atoms with Crippen LogP contribution < -0.4 is 15.8 Å². The zero-order chi connectivity index (χ0) is 18.4. The third-order valence-electron chi connectivity index (χ3n) is 3.63. The van der Waals surface area contributed by atoms with Gasteiger partial charge in [-0.25, -0.2) is 0 Å². The van der Waals surface area contributed by atoms with Crippen molar-refractivity contribution >= 4 is 17.5 Å². The lowest BCUT2D eigenvalue weighted by Gasteiger charge is -2.15. The Morgan fingerprint density at radius 1 is 1.08 bits per heavy atom. The monoisotopic (exact) mass is 341 g/mol. The fourth-order valence-corrected chi connectivity index (χ4v) is 2.28. The van der Waals surface area contributed by atoms with E-state index in [0.717, 1.165) is 5.56 Å². The zero-order valence-electron chi connectivity index (χ0n) is 14.7. The van der Waals surface area contributed by atoms with E-state index >= 15 is 0 Å². The van der Waals surface area contributed by atoms with Crippen molar-refractivity contribution in [2.24, 2.45) is 5.73 Å². The number of carbonyl (C=O) groups is 2. The number of hydrogen-bond acceptors (Lipinski definition) is 4. The first-order chi connectivity index (χ1) is 12.0. The Kier molecular flexibility index (Phi) is 6.14. The molecule has 0 spiro atoms. The summed E-state index contributed by atoms with van der Waals surface area (Å²) in [5.74, 6) is 0.0783. The highest BCUT2D eigenvalue weighted by molar-refractivity contribution is 6.05. The molecule has 132 valence electrons. The molecule has 25 heavy (non-hydrogen) atoms. The summed E-state index contributed by atoms with van der Waals surface area (Å²) in [7, 11) is 3.37. The summed E-state index contributed by atoms with van der Waals surface area (Å²) in [6, 6.07) is 12.1. The second kappa shape index (κ2) is 8.30. The smallest absolute Gasteiger partial charge is 0.255 e. The second-order valence-electron chi connectivity index (χ2n) is 5.70. The van der Waals surface area contributed by atoms with E-state index < -0.39 is 0 Å². The summed E-state index contributed by atoms with van der Waals surface area (Å²) in [6.45, 7) is 2.70. The van der Waals surface area contributed by atoms with E-state index in [-0.39, 0.29) is 11.8 Å². The van der Waals surface area contributed by atoms with Gasteiger partial charge in [-0.15, -0.1) is 0 Å². The predicted octanol–water partition coefficient (Wildman–Crippen LogP) is 2.50. The van der Waals surface area contributed by atoms with Crippen molar-refractivity contribution in [3.8, 4) is 5.75 Å². The quantitative estimate of drug-likeness (QED) is 0.845. The van der Waals surface area contributed by atoms with E-state index in [9.17, 15) is 9.59 Å². The molecule has 0 aliphatic heterocycles. The standard InChI is InChI=1S/C19H23N3O3/c1-4-25-17-11-15(19(24)22(2)3)9-10-16(17)21-18(23)14-7-5-13(12-20)6-8-14/h5-11H,4,12,20H2,1-3H3,(H,21,23). The van der Waals surface area contributed by atoms with Crippen LogP contribution in [0.3, 0.4) is 0 Å². The largest absolute Gasteiger partial charge is 0.492 e. The molecule has 0 saturated carbocycles. The van der Waals surface area contributed by atoms with Crippen molar-refractivity contribution in [3.63, 3.8) is 0 Å². The van der Waals surface area contributed by atoms with Gasteiger partial charge >= 0.3 is 0 Å². The minimum Gasteiger partial charge on any atom is -0.492 e. The summed E-state index contributed by atoms with van der Waals surface area (Å²) in [5, 5.41) is 2.82. The molecule has 3 N–H and O–H groups in total. The molecule has 0 unspecified atom stereocenters. The number of hydrogen-bond donors (Lipinski definition) is 2. The minimum absolute atomic E-state index is 0.129. The van der Waals surface area contributed by atoms with Crippen LogP contribution in [0.25, 0.3) is 0 Å². The van der Waals surface area contributed by atoms with Gasteiger partial charge in [0.05, 0.1) is 12.3 Å². The maximum atomic E-state index is 12.4. The second-order valence-corrected chi connectivity index (χ2v) is 5.70. The van der Waals surface area contributed by atoms with Crippen LogP contribution in [0.4, 0.5) is 5.69 Å². The van der Waals surface area contributed by atoms with Gasteiger partial charge in [-0.05, 0) is 42.8 Å². The zero-order valence-corrected chi connectivity index (χ0v) is 14.7. The maximum Gasteiger partial charge on any atom is 0.255 e. The van der Waals surface area contributed by atoms with Crippen molar-refractivity contribution in [1.29, 1.82) is 0 Å². The normalized spacial score (nSPS) is 10.2. The van der Waals surface area contributed by atoms with Crippen molar-refractivity contribution in [1.82, 2.24) is 4.90 Å². The number of nitrogens with zero attached hydrogens (tertiary/aromatic N) is 1. The van der Waals surface area contributed by atoms with Gasteiger partial charge in [0.1, 0.15) is 5.75 Å². The molecule has 2 aromatic carbocycles. The number of nitrogens with two attached hydrogens (primary N) is 1. The lowest BCUT2D eigenvalue weighted by atomic mass is 10.1.